The molecular formula is C14H18BrNO2. The molecule has 1 fully saturated rings. The van der Waals surface area contributed by atoms with E-state index >= 15 is 0 Å². The number of anilines is 1. The molecule has 1 aliphatic heterocycles. The molecule has 0 aromatic heterocycles. The molecule has 1 atom stereocenters. The van der Waals surface area contributed by atoms with Crippen molar-refractivity contribution in [2.75, 3.05) is 11.9 Å². The topological polar surface area (TPSA) is 38.3 Å². The van der Waals surface area contributed by atoms with Gasteiger partial charge in [0.2, 0.25) is 5.91 Å². The summed E-state index contributed by atoms with van der Waals surface area (Å²) in [6.07, 6.45) is 2.61. The first kappa shape index (κ1) is 13.6. The molecule has 18 heavy (non-hydrogen) atoms. The van der Waals surface area contributed by atoms with E-state index in [1.165, 1.54) is 0 Å². The van der Waals surface area contributed by atoms with Crippen LogP contribution in [0.4, 0.5) is 5.69 Å². The van der Waals surface area contributed by atoms with Crippen LogP contribution in [0.15, 0.2) is 16.6 Å². The normalized spacial score (nSPS) is 18.9. The number of carbonyl (C=O) groups is 1. The van der Waals surface area contributed by atoms with Gasteiger partial charge in [0.1, 0.15) is 0 Å². The lowest BCUT2D eigenvalue weighted by Crippen LogP contribution is -2.19. The van der Waals surface area contributed by atoms with Crippen molar-refractivity contribution in [2.45, 2.75) is 39.2 Å². The van der Waals surface area contributed by atoms with Gasteiger partial charge in [0.25, 0.3) is 0 Å². The summed E-state index contributed by atoms with van der Waals surface area (Å²) < 4.78 is 6.56. The maximum Gasteiger partial charge on any atom is 0.226 e. The van der Waals surface area contributed by atoms with Crippen LogP contribution in [-0.4, -0.2) is 18.6 Å². The Labute approximate surface area is 116 Å². The molecule has 0 spiro atoms. The van der Waals surface area contributed by atoms with E-state index in [-0.39, 0.29) is 12.0 Å². The molecule has 0 radical (unpaired) electrons. The van der Waals surface area contributed by atoms with Crippen molar-refractivity contribution >= 4 is 27.5 Å². The van der Waals surface area contributed by atoms with E-state index < -0.39 is 0 Å². The summed E-state index contributed by atoms with van der Waals surface area (Å²) in [6.45, 7) is 4.83. The summed E-state index contributed by atoms with van der Waals surface area (Å²) in [6, 6.07) is 3.95. The van der Waals surface area contributed by atoms with Gasteiger partial charge in [0.15, 0.2) is 0 Å². The maximum atomic E-state index is 11.9. The molecule has 1 aliphatic rings. The van der Waals surface area contributed by atoms with Gasteiger partial charge in [0.05, 0.1) is 12.5 Å². The Bertz CT molecular complexity index is 430. The van der Waals surface area contributed by atoms with Gasteiger partial charge < -0.3 is 10.1 Å². The molecule has 4 heteroatoms. The minimum Gasteiger partial charge on any atom is -0.378 e. The zero-order valence-corrected chi connectivity index (χ0v) is 12.3. The second kappa shape index (κ2) is 5.85. The highest BCUT2D eigenvalue weighted by atomic mass is 79.9. The van der Waals surface area contributed by atoms with E-state index in [0.29, 0.717) is 6.42 Å². The van der Waals surface area contributed by atoms with Gasteiger partial charge in [-0.3, -0.25) is 4.79 Å². The Hall–Kier alpha value is -0.870. The van der Waals surface area contributed by atoms with Gasteiger partial charge in [-0.1, -0.05) is 15.9 Å². The highest BCUT2D eigenvalue weighted by Crippen LogP contribution is 2.25. The van der Waals surface area contributed by atoms with Crippen molar-refractivity contribution in [1.82, 2.24) is 0 Å². The van der Waals surface area contributed by atoms with Crippen molar-refractivity contribution in [2.24, 2.45) is 0 Å². The van der Waals surface area contributed by atoms with Crippen LogP contribution in [-0.2, 0) is 9.53 Å². The van der Waals surface area contributed by atoms with Crippen LogP contribution in [0.3, 0.4) is 0 Å². The highest BCUT2D eigenvalue weighted by Gasteiger charge is 2.19. The van der Waals surface area contributed by atoms with Gasteiger partial charge in [-0.2, -0.15) is 0 Å². The van der Waals surface area contributed by atoms with E-state index in [0.717, 1.165) is 40.7 Å². The number of aryl methyl sites for hydroxylation is 2. The average molecular weight is 312 g/mol. The molecule has 98 valence electrons. The smallest absolute Gasteiger partial charge is 0.226 e. The second-order valence-electron chi connectivity index (χ2n) is 4.81. The molecule has 0 aliphatic carbocycles. The van der Waals surface area contributed by atoms with E-state index in [9.17, 15) is 4.79 Å². The molecule has 0 bridgehead atoms. The first-order chi connectivity index (χ1) is 8.56. The number of ether oxygens (including phenoxy) is 1. The molecule has 1 N–H and O–H groups in total. The Morgan fingerprint density at radius 1 is 1.44 bits per heavy atom. The third-order valence-electron chi connectivity index (χ3n) is 3.16. The van der Waals surface area contributed by atoms with Crippen LogP contribution in [0.25, 0.3) is 0 Å². The number of halogens is 1. The molecular weight excluding hydrogens is 294 g/mol. The summed E-state index contributed by atoms with van der Waals surface area (Å²) in [5.41, 5.74) is 3.11. The molecule has 1 aromatic rings. The van der Waals surface area contributed by atoms with E-state index in [1.54, 1.807) is 0 Å². The molecule has 3 nitrogen and oxygen atoms in total. The number of amides is 1. The first-order valence-electron chi connectivity index (χ1n) is 6.24. The zero-order chi connectivity index (χ0) is 13.1. The Morgan fingerprint density at radius 3 is 2.67 bits per heavy atom. The number of carbonyl (C=O) groups excluding carboxylic acids is 1. The summed E-state index contributed by atoms with van der Waals surface area (Å²) >= 11 is 3.52. The number of nitrogens with one attached hydrogen (secondary N) is 1. The standard InChI is InChI=1S/C14H18BrNO2/c1-9-6-11(7-10(2)14(9)15)16-13(17)8-12-4-3-5-18-12/h6-7,12H,3-5,8H2,1-2H3,(H,16,17). The summed E-state index contributed by atoms with van der Waals surface area (Å²) in [5.74, 6) is 0.0306. The van der Waals surface area contributed by atoms with Gasteiger partial charge in [-0.25, -0.2) is 0 Å². The maximum absolute atomic E-state index is 11.9. The van der Waals surface area contributed by atoms with Crippen LogP contribution in [0.5, 0.6) is 0 Å². The fraction of sp³-hybridized carbons (Fsp3) is 0.500. The molecule has 0 saturated carbocycles. The van der Waals surface area contributed by atoms with Gasteiger partial charge in [0, 0.05) is 16.8 Å². The summed E-state index contributed by atoms with van der Waals surface area (Å²) in [4.78, 5) is 11.9. The minimum atomic E-state index is 0.0306. The van der Waals surface area contributed by atoms with Crippen LogP contribution in [0, 0.1) is 13.8 Å². The van der Waals surface area contributed by atoms with Crippen LogP contribution in [0.2, 0.25) is 0 Å². The fourth-order valence-corrected chi connectivity index (χ4v) is 2.47. The van der Waals surface area contributed by atoms with Crippen molar-refractivity contribution in [3.8, 4) is 0 Å². The number of rotatable bonds is 3. The summed E-state index contributed by atoms with van der Waals surface area (Å²) in [7, 11) is 0. The van der Waals surface area contributed by atoms with Crippen molar-refractivity contribution in [3.63, 3.8) is 0 Å². The summed E-state index contributed by atoms with van der Waals surface area (Å²) in [5, 5.41) is 2.94. The Balaban J connectivity index is 1.98. The fourth-order valence-electron chi connectivity index (χ4n) is 2.24. The van der Waals surface area contributed by atoms with E-state index in [1.807, 2.05) is 26.0 Å². The van der Waals surface area contributed by atoms with Crippen LogP contribution in [0.1, 0.15) is 30.4 Å². The second-order valence-corrected chi connectivity index (χ2v) is 5.60. The molecule has 1 saturated heterocycles. The lowest BCUT2D eigenvalue weighted by Gasteiger charge is -2.12. The Morgan fingerprint density at radius 2 is 2.11 bits per heavy atom. The Kier molecular flexibility index (Phi) is 4.40. The van der Waals surface area contributed by atoms with Gasteiger partial charge in [-0.15, -0.1) is 0 Å². The monoisotopic (exact) mass is 311 g/mol. The van der Waals surface area contributed by atoms with Crippen LogP contribution >= 0.6 is 15.9 Å². The van der Waals surface area contributed by atoms with Crippen molar-refractivity contribution < 1.29 is 9.53 Å². The third-order valence-corrected chi connectivity index (χ3v) is 4.41. The predicted molar refractivity (Wildman–Crippen MR) is 75.8 cm³/mol. The quantitative estimate of drug-likeness (QED) is 0.926. The highest BCUT2D eigenvalue weighted by molar-refractivity contribution is 9.10. The number of hydrogen-bond acceptors (Lipinski definition) is 2. The SMILES string of the molecule is Cc1cc(NC(=O)CC2CCCO2)cc(C)c1Br. The van der Waals surface area contributed by atoms with Gasteiger partial charge >= 0.3 is 0 Å². The number of hydrogen-bond donors (Lipinski definition) is 1. The lowest BCUT2D eigenvalue weighted by molar-refractivity contribution is -0.118. The largest absolute Gasteiger partial charge is 0.378 e. The number of benzene rings is 1. The third kappa shape index (κ3) is 3.33. The van der Waals surface area contributed by atoms with E-state index in [2.05, 4.69) is 21.2 Å². The van der Waals surface area contributed by atoms with E-state index in [4.69, 9.17) is 4.74 Å². The molecule has 1 aromatic carbocycles. The molecule has 1 amide bonds. The zero-order valence-electron chi connectivity index (χ0n) is 10.8. The van der Waals surface area contributed by atoms with Gasteiger partial charge in [-0.05, 0) is 49.9 Å². The lowest BCUT2D eigenvalue weighted by atomic mass is 10.1. The van der Waals surface area contributed by atoms with Crippen LogP contribution < -0.4 is 5.32 Å². The molecule has 2 rings (SSSR count). The predicted octanol–water partition coefficient (Wildman–Crippen LogP) is 3.57. The van der Waals surface area contributed by atoms with Crippen molar-refractivity contribution in [3.05, 3.63) is 27.7 Å². The molecule has 1 heterocycles. The average Bonchev–Trinajstić information content (AvgIpc) is 2.78. The molecule has 1 unspecified atom stereocenters. The first-order valence-corrected chi connectivity index (χ1v) is 7.04. The van der Waals surface area contributed by atoms with Crippen molar-refractivity contribution in [1.29, 1.82) is 0 Å². The minimum absolute atomic E-state index is 0.0306.